The summed E-state index contributed by atoms with van der Waals surface area (Å²) in [6.07, 6.45) is 8.17. The molecule has 4 rings (SSSR count). The van der Waals surface area contributed by atoms with Crippen LogP contribution in [-0.2, 0) is 17.6 Å². The zero-order valence-electron chi connectivity index (χ0n) is 14.8. The second-order valence-corrected chi connectivity index (χ2v) is 7.30. The predicted octanol–water partition coefficient (Wildman–Crippen LogP) is 2.54. The number of hydrogen-bond acceptors (Lipinski definition) is 5. The van der Waals surface area contributed by atoms with Gasteiger partial charge < -0.3 is 14.8 Å². The number of carbonyl (C=O) groups is 1. The molecule has 7 nitrogen and oxygen atoms in total. The van der Waals surface area contributed by atoms with Crippen molar-refractivity contribution in [3.05, 3.63) is 45.5 Å². The molecule has 2 aromatic rings. The minimum Gasteiger partial charge on any atom is -0.349 e. The van der Waals surface area contributed by atoms with E-state index in [1.165, 1.54) is 18.9 Å². The van der Waals surface area contributed by atoms with Gasteiger partial charge in [-0.1, -0.05) is 18.0 Å². The molecule has 7 heteroatoms. The van der Waals surface area contributed by atoms with E-state index in [-0.39, 0.29) is 17.5 Å². The first-order valence-corrected chi connectivity index (χ1v) is 9.53. The van der Waals surface area contributed by atoms with Crippen LogP contribution < -0.4 is 10.9 Å². The minimum absolute atomic E-state index is 0.0327. The van der Waals surface area contributed by atoms with E-state index in [1.54, 1.807) is 0 Å². The molecule has 26 heavy (non-hydrogen) atoms. The summed E-state index contributed by atoms with van der Waals surface area (Å²) < 4.78 is 5.31. The molecule has 0 bridgehead atoms. The third-order valence-corrected chi connectivity index (χ3v) is 5.44. The summed E-state index contributed by atoms with van der Waals surface area (Å²) in [6, 6.07) is 3.30. The first-order chi connectivity index (χ1) is 12.7. The summed E-state index contributed by atoms with van der Waals surface area (Å²) in [5, 5.41) is 7.15. The maximum atomic E-state index is 12.4. The van der Waals surface area contributed by atoms with Gasteiger partial charge in [0.25, 0.3) is 0 Å². The number of pyridine rings is 1. The maximum absolute atomic E-state index is 12.4. The number of rotatable bonds is 5. The topological polar surface area (TPSA) is 101 Å². The van der Waals surface area contributed by atoms with Gasteiger partial charge in [-0.2, -0.15) is 4.98 Å². The zero-order valence-corrected chi connectivity index (χ0v) is 14.8. The molecule has 1 saturated carbocycles. The fourth-order valence-electron chi connectivity index (χ4n) is 4.06. The molecule has 0 radical (unpaired) electrons. The van der Waals surface area contributed by atoms with Crippen molar-refractivity contribution in [2.24, 2.45) is 0 Å². The number of H-pyrrole nitrogens is 1. The molecule has 2 aromatic heterocycles. The predicted molar refractivity (Wildman–Crippen MR) is 94.7 cm³/mol. The molecule has 1 fully saturated rings. The van der Waals surface area contributed by atoms with E-state index in [0.29, 0.717) is 24.7 Å². The Labute approximate surface area is 151 Å². The lowest BCUT2D eigenvalue weighted by molar-refractivity contribution is -0.122. The summed E-state index contributed by atoms with van der Waals surface area (Å²) in [5.74, 6) is 1.72. The number of carbonyl (C=O) groups excluding carboxylic acids is 1. The molecule has 2 aliphatic carbocycles. The van der Waals surface area contributed by atoms with Gasteiger partial charge in [-0.25, -0.2) is 0 Å². The monoisotopic (exact) mass is 356 g/mol. The summed E-state index contributed by atoms with van der Waals surface area (Å²) >= 11 is 0. The molecule has 0 saturated heterocycles. The second kappa shape index (κ2) is 7.43. The second-order valence-electron chi connectivity index (χ2n) is 7.30. The number of aryl methyl sites for hydroxylation is 2. The van der Waals surface area contributed by atoms with Crippen LogP contribution in [0.1, 0.15) is 79.9 Å². The van der Waals surface area contributed by atoms with Crippen LogP contribution in [0, 0.1) is 0 Å². The Balaban J connectivity index is 1.33. The smallest absolute Gasteiger partial charge is 0.248 e. The number of fused-ring (bicyclic) bond motifs is 1. The Bertz CT molecular complexity index is 835. The Hall–Kier alpha value is -2.44. The molecule has 2 N–H and O–H groups in total. The van der Waals surface area contributed by atoms with Crippen molar-refractivity contribution in [1.82, 2.24) is 20.4 Å². The van der Waals surface area contributed by atoms with Gasteiger partial charge in [0, 0.05) is 30.5 Å². The van der Waals surface area contributed by atoms with E-state index in [2.05, 4.69) is 20.4 Å². The van der Waals surface area contributed by atoms with Crippen molar-refractivity contribution >= 4 is 5.91 Å². The highest BCUT2D eigenvalue weighted by Crippen LogP contribution is 2.32. The average molecular weight is 356 g/mol. The fraction of sp³-hybridized carbons (Fsp3) is 0.579. The van der Waals surface area contributed by atoms with E-state index in [9.17, 15) is 9.59 Å². The largest absolute Gasteiger partial charge is 0.349 e. The van der Waals surface area contributed by atoms with Crippen LogP contribution >= 0.6 is 0 Å². The van der Waals surface area contributed by atoms with Crippen LogP contribution in [0.2, 0.25) is 0 Å². The molecular formula is C19H24N4O3. The lowest BCUT2D eigenvalue weighted by Gasteiger charge is -2.25. The van der Waals surface area contributed by atoms with Gasteiger partial charge in [0.1, 0.15) is 0 Å². The molecule has 138 valence electrons. The molecule has 0 spiro atoms. The summed E-state index contributed by atoms with van der Waals surface area (Å²) in [5.41, 5.74) is 1.86. The van der Waals surface area contributed by atoms with E-state index in [0.717, 1.165) is 49.2 Å². The highest BCUT2D eigenvalue weighted by molar-refractivity contribution is 5.76. The van der Waals surface area contributed by atoms with Crippen LogP contribution in [0.15, 0.2) is 21.5 Å². The zero-order chi connectivity index (χ0) is 17.9. The number of amides is 1. The molecule has 2 aliphatic rings. The van der Waals surface area contributed by atoms with E-state index in [4.69, 9.17) is 4.52 Å². The summed E-state index contributed by atoms with van der Waals surface area (Å²) in [7, 11) is 0. The third kappa shape index (κ3) is 3.71. The van der Waals surface area contributed by atoms with Crippen molar-refractivity contribution in [2.75, 3.05) is 0 Å². The van der Waals surface area contributed by atoms with E-state index < -0.39 is 0 Å². The number of nitrogens with zero attached hydrogens (tertiary/aromatic N) is 2. The molecule has 1 unspecified atom stereocenters. The molecule has 0 aromatic carbocycles. The Morgan fingerprint density at radius 1 is 1.23 bits per heavy atom. The first-order valence-electron chi connectivity index (χ1n) is 9.53. The standard InChI is InChI=1S/C19H24N4O3/c24-16-9-8-13-14(20-16)6-3-7-15(13)21-17(25)10-11-18-22-19(23-26-18)12-4-1-2-5-12/h8-9,12,15H,1-7,10-11H2,(H,20,24)(H,21,25). The number of hydrogen-bond donors (Lipinski definition) is 2. The Kier molecular flexibility index (Phi) is 4.86. The van der Waals surface area contributed by atoms with Gasteiger partial charge in [0.05, 0.1) is 6.04 Å². The van der Waals surface area contributed by atoms with Crippen molar-refractivity contribution < 1.29 is 9.32 Å². The fourth-order valence-corrected chi connectivity index (χ4v) is 4.06. The lowest BCUT2D eigenvalue weighted by atomic mass is 9.91. The van der Waals surface area contributed by atoms with Gasteiger partial charge in [0.2, 0.25) is 17.4 Å². The van der Waals surface area contributed by atoms with Gasteiger partial charge in [-0.3, -0.25) is 9.59 Å². The van der Waals surface area contributed by atoms with Gasteiger partial charge in [-0.05, 0) is 43.7 Å². The van der Waals surface area contributed by atoms with Crippen LogP contribution in [0.5, 0.6) is 0 Å². The van der Waals surface area contributed by atoms with Crippen LogP contribution in [0.25, 0.3) is 0 Å². The molecule has 0 aliphatic heterocycles. The van der Waals surface area contributed by atoms with Crippen molar-refractivity contribution in [3.63, 3.8) is 0 Å². The van der Waals surface area contributed by atoms with Gasteiger partial charge in [0.15, 0.2) is 5.82 Å². The Morgan fingerprint density at radius 2 is 2.08 bits per heavy atom. The molecule has 1 amide bonds. The normalized spacial score (nSPS) is 20.1. The lowest BCUT2D eigenvalue weighted by Crippen LogP contribution is -2.32. The molecular weight excluding hydrogens is 332 g/mol. The van der Waals surface area contributed by atoms with Crippen LogP contribution in [-0.4, -0.2) is 21.0 Å². The SMILES string of the molecule is O=C(CCc1nc(C2CCCC2)no1)NC1CCCc2[nH]c(=O)ccc21. The average Bonchev–Trinajstić information content (AvgIpc) is 3.31. The highest BCUT2D eigenvalue weighted by atomic mass is 16.5. The van der Waals surface area contributed by atoms with Crippen LogP contribution in [0.3, 0.4) is 0 Å². The summed E-state index contributed by atoms with van der Waals surface area (Å²) in [4.78, 5) is 31.1. The van der Waals surface area contributed by atoms with E-state index in [1.807, 2.05) is 6.07 Å². The minimum atomic E-state index is -0.0924. The quantitative estimate of drug-likeness (QED) is 0.857. The maximum Gasteiger partial charge on any atom is 0.248 e. The Morgan fingerprint density at radius 3 is 2.92 bits per heavy atom. The van der Waals surface area contributed by atoms with E-state index >= 15 is 0 Å². The molecule has 1 atom stereocenters. The summed E-state index contributed by atoms with van der Waals surface area (Å²) in [6.45, 7) is 0. The van der Waals surface area contributed by atoms with Crippen molar-refractivity contribution in [1.29, 1.82) is 0 Å². The third-order valence-electron chi connectivity index (χ3n) is 5.44. The number of aromatic amines is 1. The first kappa shape index (κ1) is 17.0. The van der Waals surface area contributed by atoms with Crippen LogP contribution in [0.4, 0.5) is 0 Å². The highest BCUT2D eigenvalue weighted by Gasteiger charge is 2.24. The van der Waals surface area contributed by atoms with Crippen molar-refractivity contribution in [2.45, 2.75) is 69.7 Å². The van der Waals surface area contributed by atoms with Gasteiger partial charge >= 0.3 is 0 Å². The molecule has 2 heterocycles. The number of nitrogens with one attached hydrogen (secondary N) is 2. The van der Waals surface area contributed by atoms with Crippen molar-refractivity contribution in [3.8, 4) is 0 Å². The van der Waals surface area contributed by atoms with Gasteiger partial charge in [-0.15, -0.1) is 0 Å². The number of aromatic nitrogens is 3.